The minimum Gasteiger partial charge on any atom is -0.345 e. The fourth-order valence-electron chi connectivity index (χ4n) is 3.13. The van der Waals surface area contributed by atoms with Crippen molar-refractivity contribution in [1.82, 2.24) is 9.88 Å². The summed E-state index contributed by atoms with van der Waals surface area (Å²) in [5.41, 5.74) is 3.67. The van der Waals surface area contributed by atoms with Gasteiger partial charge in [-0.3, -0.25) is 4.79 Å². The molecule has 1 aliphatic heterocycles. The monoisotopic (exact) mass is 331 g/mol. The van der Waals surface area contributed by atoms with Gasteiger partial charge in [0.25, 0.3) is 0 Å². The number of aryl methyl sites for hydroxylation is 2. The summed E-state index contributed by atoms with van der Waals surface area (Å²) >= 11 is 1.77. The maximum atomic E-state index is 12.1. The van der Waals surface area contributed by atoms with Crippen molar-refractivity contribution >= 4 is 32.6 Å². The first-order valence-electron chi connectivity index (χ1n) is 8.49. The second-order valence-corrected chi connectivity index (χ2v) is 7.38. The average molecular weight is 331 g/mol. The Morgan fingerprint density at radius 3 is 2.65 bits per heavy atom. The van der Waals surface area contributed by atoms with Gasteiger partial charge in [-0.05, 0) is 37.5 Å². The molecule has 3 rings (SSSR count). The van der Waals surface area contributed by atoms with Crippen LogP contribution in [0.1, 0.15) is 37.3 Å². The third kappa shape index (κ3) is 3.50. The molecule has 0 unspecified atom stereocenters. The molecule has 0 N–H and O–H groups in total. The van der Waals surface area contributed by atoms with Gasteiger partial charge in [0.2, 0.25) is 5.91 Å². The predicted octanol–water partition coefficient (Wildman–Crippen LogP) is 3.75. The number of amides is 1. The van der Waals surface area contributed by atoms with E-state index in [4.69, 9.17) is 4.98 Å². The van der Waals surface area contributed by atoms with E-state index in [-0.39, 0.29) is 0 Å². The molecule has 0 spiro atoms. The molecule has 0 bridgehead atoms. The topological polar surface area (TPSA) is 36.4 Å². The van der Waals surface area contributed by atoms with Crippen LogP contribution in [0.4, 0.5) is 5.13 Å². The van der Waals surface area contributed by atoms with E-state index in [2.05, 4.69) is 37.8 Å². The number of benzene rings is 1. The molecule has 0 aliphatic carbocycles. The van der Waals surface area contributed by atoms with Crippen LogP contribution in [-0.2, 0) is 4.79 Å². The Balaban J connectivity index is 1.68. The highest BCUT2D eigenvalue weighted by Crippen LogP contribution is 2.32. The summed E-state index contributed by atoms with van der Waals surface area (Å²) in [7, 11) is 0. The van der Waals surface area contributed by atoms with Crippen molar-refractivity contribution < 1.29 is 4.79 Å². The molecule has 5 heteroatoms. The summed E-state index contributed by atoms with van der Waals surface area (Å²) in [4.78, 5) is 21.3. The highest BCUT2D eigenvalue weighted by Gasteiger charge is 2.22. The highest BCUT2D eigenvalue weighted by molar-refractivity contribution is 7.22. The number of nitrogens with zero attached hydrogens (tertiary/aromatic N) is 3. The number of anilines is 1. The van der Waals surface area contributed by atoms with Crippen molar-refractivity contribution in [2.45, 2.75) is 40.0 Å². The summed E-state index contributed by atoms with van der Waals surface area (Å²) in [6, 6.07) is 4.38. The summed E-state index contributed by atoms with van der Waals surface area (Å²) in [5.74, 6) is 0.308. The largest absolute Gasteiger partial charge is 0.345 e. The lowest BCUT2D eigenvalue weighted by Crippen LogP contribution is -2.48. The number of rotatable bonds is 4. The number of thiazole rings is 1. The smallest absolute Gasteiger partial charge is 0.222 e. The molecule has 0 atom stereocenters. The SMILES string of the molecule is CCCCC(=O)N1CCN(c2nc3cc(C)cc(C)c3s2)CC1. The Morgan fingerprint density at radius 1 is 1.22 bits per heavy atom. The van der Waals surface area contributed by atoms with Gasteiger partial charge >= 0.3 is 0 Å². The minimum atomic E-state index is 0.308. The number of hydrogen-bond donors (Lipinski definition) is 0. The third-order valence-corrected chi connectivity index (χ3v) is 5.72. The van der Waals surface area contributed by atoms with Crippen molar-refractivity contribution in [2.75, 3.05) is 31.1 Å². The molecule has 1 amide bonds. The highest BCUT2D eigenvalue weighted by atomic mass is 32.1. The van der Waals surface area contributed by atoms with Gasteiger partial charge in [0.15, 0.2) is 5.13 Å². The van der Waals surface area contributed by atoms with Gasteiger partial charge in [-0.1, -0.05) is 30.7 Å². The van der Waals surface area contributed by atoms with Gasteiger partial charge in [0, 0.05) is 32.6 Å². The van der Waals surface area contributed by atoms with E-state index in [1.54, 1.807) is 11.3 Å². The van der Waals surface area contributed by atoms with Gasteiger partial charge < -0.3 is 9.80 Å². The van der Waals surface area contributed by atoms with Gasteiger partial charge in [0.1, 0.15) is 0 Å². The molecule has 4 nitrogen and oxygen atoms in total. The zero-order valence-electron chi connectivity index (χ0n) is 14.3. The Kier molecular flexibility index (Phi) is 4.85. The van der Waals surface area contributed by atoms with Crippen LogP contribution >= 0.6 is 11.3 Å². The van der Waals surface area contributed by atoms with Crippen molar-refractivity contribution in [3.8, 4) is 0 Å². The Bertz CT molecular complexity index is 702. The molecule has 124 valence electrons. The molecule has 1 fully saturated rings. The lowest BCUT2D eigenvalue weighted by atomic mass is 10.1. The quantitative estimate of drug-likeness (QED) is 0.856. The maximum Gasteiger partial charge on any atom is 0.222 e. The van der Waals surface area contributed by atoms with Crippen LogP contribution in [0.5, 0.6) is 0 Å². The van der Waals surface area contributed by atoms with E-state index < -0.39 is 0 Å². The summed E-state index contributed by atoms with van der Waals surface area (Å²) in [6.45, 7) is 9.80. The van der Waals surface area contributed by atoms with Crippen LogP contribution in [0.3, 0.4) is 0 Å². The third-order valence-electron chi connectivity index (χ3n) is 4.46. The van der Waals surface area contributed by atoms with Gasteiger partial charge in [0.05, 0.1) is 10.2 Å². The van der Waals surface area contributed by atoms with Crippen molar-refractivity contribution in [3.63, 3.8) is 0 Å². The van der Waals surface area contributed by atoms with Crippen molar-refractivity contribution in [2.24, 2.45) is 0 Å². The first-order valence-corrected chi connectivity index (χ1v) is 9.30. The second-order valence-electron chi connectivity index (χ2n) is 6.40. The standard InChI is InChI=1S/C18H25N3OS/c1-4-5-6-16(22)20-7-9-21(10-8-20)18-19-15-12-13(2)11-14(3)17(15)23-18/h11-12H,4-10H2,1-3H3. The molecule has 1 saturated heterocycles. The minimum absolute atomic E-state index is 0.308. The Hall–Kier alpha value is -1.62. The van der Waals surface area contributed by atoms with E-state index in [1.807, 2.05) is 4.90 Å². The van der Waals surface area contributed by atoms with E-state index >= 15 is 0 Å². The fourth-order valence-corrected chi connectivity index (χ4v) is 4.20. The van der Waals surface area contributed by atoms with Gasteiger partial charge in [-0.25, -0.2) is 4.98 Å². The lowest BCUT2D eigenvalue weighted by molar-refractivity contribution is -0.131. The molecule has 0 saturated carbocycles. The van der Waals surface area contributed by atoms with E-state index in [0.717, 1.165) is 49.7 Å². The molecule has 2 aromatic rings. The Morgan fingerprint density at radius 2 is 1.96 bits per heavy atom. The van der Waals surface area contributed by atoms with Crippen LogP contribution in [0.25, 0.3) is 10.2 Å². The van der Waals surface area contributed by atoms with Crippen LogP contribution < -0.4 is 4.90 Å². The maximum absolute atomic E-state index is 12.1. The molecule has 1 aliphatic rings. The molecule has 2 heterocycles. The van der Waals surface area contributed by atoms with Crippen LogP contribution in [-0.4, -0.2) is 42.0 Å². The molecule has 1 aromatic heterocycles. The normalized spacial score (nSPS) is 15.4. The van der Waals surface area contributed by atoms with Crippen molar-refractivity contribution in [3.05, 3.63) is 23.3 Å². The number of aromatic nitrogens is 1. The summed E-state index contributed by atoms with van der Waals surface area (Å²) < 4.78 is 1.28. The fraction of sp³-hybridized carbons (Fsp3) is 0.556. The second kappa shape index (κ2) is 6.87. The predicted molar refractivity (Wildman–Crippen MR) is 97.4 cm³/mol. The molecule has 1 aromatic carbocycles. The molecular formula is C18H25N3OS. The van der Waals surface area contributed by atoms with Crippen LogP contribution in [0.2, 0.25) is 0 Å². The number of piperazine rings is 1. The number of hydrogen-bond acceptors (Lipinski definition) is 4. The lowest BCUT2D eigenvalue weighted by Gasteiger charge is -2.34. The van der Waals surface area contributed by atoms with Crippen molar-refractivity contribution in [1.29, 1.82) is 0 Å². The average Bonchev–Trinajstić information content (AvgIpc) is 2.97. The molecule has 23 heavy (non-hydrogen) atoms. The zero-order valence-corrected chi connectivity index (χ0v) is 15.1. The van der Waals surface area contributed by atoms with Gasteiger partial charge in [-0.2, -0.15) is 0 Å². The molecular weight excluding hydrogens is 306 g/mol. The van der Waals surface area contributed by atoms with E-state index in [0.29, 0.717) is 12.3 Å². The van der Waals surface area contributed by atoms with Crippen LogP contribution in [0.15, 0.2) is 12.1 Å². The number of carbonyl (C=O) groups is 1. The number of carbonyl (C=O) groups excluding carboxylic acids is 1. The number of unbranched alkanes of at least 4 members (excludes halogenated alkanes) is 1. The summed E-state index contributed by atoms with van der Waals surface area (Å²) in [5, 5.41) is 1.09. The Labute approximate surface area is 142 Å². The summed E-state index contributed by atoms with van der Waals surface area (Å²) in [6.07, 6.45) is 2.77. The van der Waals surface area contributed by atoms with E-state index in [9.17, 15) is 4.79 Å². The van der Waals surface area contributed by atoms with Crippen LogP contribution in [0, 0.1) is 13.8 Å². The zero-order chi connectivity index (χ0) is 16.4. The van der Waals surface area contributed by atoms with E-state index in [1.165, 1.54) is 15.8 Å². The van der Waals surface area contributed by atoms with Gasteiger partial charge in [-0.15, -0.1) is 0 Å². The first-order chi connectivity index (χ1) is 11.1. The first kappa shape index (κ1) is 16.2. The number of fused-ring (bicyclic) bond motifs is 1. The molecule has 0 radical (unpaired) electrons.